The van der Waals surface area contributed by atoms with Crippen LogP contribution in [0.25, 0.3) is 0 Å². The highest BCUT2D eigenvalue weighted by Crippen LogP contribution is 2.19. The van der Waals surface area contributed by atoms with Gasteiger partial charge in [0.15, 0.2) is 5.96 Å². The second-order valence-electron chi connectivity index (χ2n) is 7.63. The highest BCUT2D eigenvalue weighted by atomic mass is 19.4. The van der Waals surface area contributed by atoms with Crippen LogP contribution in [0.5, 0.6) is 0 Å². The number of benzene rings is 1. The van der Waals surface area contributed by atoms with E-state index in [9.17, 15) is 13.2 Å². The number of hydrogen-bond acceptors (Lipinski definition) is 3. The van der Waals surface area contributed by atoms with Gasteiger partial charge in [-0.25, -0.2) is 0 Å². The molecule has 0 saturated carbocycles. The molecule has 5 nitrogen and oxygen atoms in total. The first kappa shape index (κ1) is 22.5. The van der Waals surface area contributed by atoms with Crippen molar-refractivity contribution >= 4 is 5.96 Å². The normalized spacial score (nSPS) is 21.4. The van der Waals surface area contributed by atoms with Gasteiger partial charge in [0, 0.05) is 38.8 Å². The minimum atomic E-state index is -4.31. The van der Waals surface area contributed by atoms with Crippen LogP contribution < -0.4 is 10.6 Å². The van der Waals surface area contributed by atoms with Gasteiger partial charge in [-0.1, -0.05) is 31.2 Å². The summed E-state index contributed by atoms with van der Waals surface area (Å²) in [6.45, 7) is 7.91. The molecule has 0 amide bonds. The molecular weight excluding hydrogens is 369 g/mol. The third kappa shape index (κ3) is 7.31. The molecule has 2 rings (SSSR count). The first-order valence-electron chi connectivity index (χ1n) is 9.61. The number of aliphatic imine (C=N–C) groups is 1. The van der Waals surface area contributed by atoms with Crippen molar-refractivity contribution in [2.24, 2.45) is 10.9 Å². The Kier molecular flexibility index (Phi) is 8.12. The first-order chi connectivity index (χ1) is 13.2. The lowest BCUT2D eigenvalue weighted by Gasteiger charge is -2.22. The Morgan fingerprint density at radius 3 is 2.61 bits per heavy atom. The number of likely N-dealkylation sites (tertiary alicyclic amines) is 1. The fourth-order valence-electron chi connectivity index (χ4n) is 3.28. The van der Waals surface area contributed by atoms with Gasteiger partial charge in [-0.3, -0.25) is 9.89 Å². The Balaban J connectivity index is 1.84. The number of nitrogens with zero attached hydrogens (tertiary/aromatic N) is 2. The van der Waals surface area contributed by atoms with Crippen molar-refractivity contribution in [2.75, 3.05) is 26.7 Å². The molecule has 1 aliphatic heterocycles. The topological polar surface area (TPSA) is 48.9 Å². The molecule has 0 radical (unpaired) electrons. The van der Waals surface area contributed by atoms with Gasteiger partial charge in [-0.15, -0.1) is 0 Å². The summed E-state index contributed by atoms with van der Waals surface area (Å²) in [7, 11) is 1.73. The Bertz CT molecular complexity index is 649. The Morgan fingerprint density at radius 2 is 2.00 bits per heavy atom. The van der Waals surface area contributed by atoms with Crippen molar-refractivity contribution in [1.29, 1.82) is 0 Å². The summed E-state index contributed by atoms with van der Waals surface area (Å²) in [5, 5.41) is 6.77. The summed E-state index contributed by atoms with van der Waals surface area (Å²) in [5.74, 6) is 1.25. The average Bonchev–Trinajstić information content (AvgIpc) is 2.99. The number of nitrogens with one attached hydrogen (secondary N) is 2. The van der Waals surface area contributed by atoms with E-state index in [0.29, 0.717) is 30.1 Å². The molecule has 0 spiro atoms. The zero-order valence-corrected chi connectivity index (χ0v) is 17.0. The zero-order valence-electron chi connectivity index (χ0n) is 17.0. The summed E-state index contributed by atoms with van der Waals surface area (Å²) >= 11 is 0. The standard InChI is InChI=1S/C20H31F3N4O/c1-14(2)27-10-15(3)18(11-27)26-19(24-4)25-9-16-6-5-7-17(8-16)12-28-13-20(21,22)23/h5-8,14-15,18H,9-13H2,1-4H3,(H2,24,25,26). The lowest BCUT2D eigenvalue weighted by Crippen LogP contribution is -2.46. The molecule has 2 unspecified atom stereocenters. The highest BCUT2D eigenvalue weighted by Gasteiger charge is 2.31. The van der Waals surface area contributed by atoms with Gasteiger partial charge in [0.2, 0.25) is 0 Å². The monoisotopic (exact) mass is 400 g/mol. The molecule has 0 bridgehead atoms. The van der Waals surface area contributed by atoms with Crippen LogP contribution >= 0.6 is 0 Å². The number of rotatable bonds is 7. The Morgan fingerprint density at radius 1 is 1.29 bits per heavy atom. The van der Waals surface area contributed by atoms with Crippen LogP contribution in [0.3, 0.4) is 0 Å². The molecule has 0 aromatic heterocycles. The molecule has 1 heterocycles. The van der Waals surface area contributed by atoms with Gasteiger partial charge in [0.1, 0.15) is 6.61 Å². The maximum Gasteiger partial charge on any atom is 0.411 e. The summed E-state index contributed by atoms with van der Waals surface area (Å²) in [6, 6.07) is 8.19. The molecule has 1 aromatic carbocycles. The van der Waals surface area contributed by atoms with Gasteiger partial charge in [-0.05, 0) is 30.9 Å². The molecule has 2 N–H and O–H groups in total. The van der Waals surface area contributed by atoms with Gasteiger partial charge in [-0.2, -0.15) is 13.2 Å². The van der Waals surface area contributed by atoms with Crippen molar-refractivity contribution in [2.45, 2.75) is 52.2 Å². The second-order valence-corrected chi connectivity index (χ2v) is 7.63. The number of hydrogen-bond donors (Lipinski definition) is 2. The van der Waals surface area contributed by atoms with Crippen molar-refractivity contribution in [3.05, 3.63) is 35.4 Å². The van der Waals surface area contributed by atoms with Crippen LogP contribution in [-0.2, 0) is 17.9 Å². The molecular formula is C20H31F3N4O. The summed E-state index contributed by atoms with van der Waals surface area (Å²) in [5.41, 5.74) is 1.67. The van der Waals surface area contributed by atoms with E-state index in [1.165, 1.54) is 0 Å². The van der Waals surface area contributed by atoms with Gasteiger partial charge >= 0.3 is 6.18 Å². The van der Waals surface area contributed by atoms with E-state index in [2.05, 4.69) is 41.3 Å². The van der Waals surface area contributed by atoms with E-state index in [1.54, 1.807) is 13.1 Å². The fourth-order valence-corrected chi connectivity index (χ4v) is 3.28. The van der Waals surface area contributed by atoms with Crippen molar-refractivity contribution in [3.8, 4) is 0 Å². The number of alkyl halides is 3. The Hall–Kier alpha value is -1.80. The molecule has 158 valence electrons. The third-order valence-corrected chi connectivity index (χ3v) is 4.90. The lowest BCUT2D eigenvalue weighted by atomic mass is 10.1. The first-order valence-corrected chi connectivity index (χ1v) is 9.61. The number of guanidine groups is 1. The van der Waals surface area contributed by atoms with E-state index >= 15 is 0 Å². The summed E-state index contributed by atoms with van der Waals surface area (Å²) < 4.78 is 41.3. The van der Waals surface area contributed by atoms with Crippen LogP contribution in [0.4, 0.5) is 13.2 Å². The van der Waals surface area contributed by atoms with Gasteiger partial charge < -0.3 is 15.4 Å². The molecule has 1 aliphatic rings. The molecule has 1 saturated heterocycles. The SMILES string of the molecule is CN=C(NCc1cccc(COCC(F)(F)F)c1)NC1CN(C(C)C)CC1C. The fraction of sp³-hybridized carbons (Fsp3) is 0.650. The molecule has 2 atom stereocenters. The van der Waals surface area contributed by atoms with Crippen LogP contribution in [0.15, 0.2) is 29.3 Å². The molecule has 1 aromatic rings. The largest absolute Gasteiger partial charge is 0.411 e. The van der Waals surface area contributed by atoms with Crippen molar-refractivity contribution < 1.29 is 17.9 Å². The summed E-state index contributed by atoms with van der Waals surface area (Å²) in [6.07, 6.45) is -4.31. The van der Waals surface area contributed by atoms with Crippen molar-refractivity contribution in [1.82, 2.24) is 15.5 Å². The number of ether oxygens (including phenoxy) is 1. The molecule has 28 heavy (non-hydrogen) atoms. The minimum Gasteiger partial charge on any atom is -0.367 e. The third-order valence-electron chi connectivity index (χ3n) is 4.90. The van der Waals surface area contributed by atoms with Crippen LogP contribution in [0.2, 0.25) is 0 Å². The quantitative estimate of drug-likeness (QED) is 0.545. The van der Waals surface area contributed by atoms with Crippen LogP contribution in [0, 0.1) is 5.92 Å². The predicted octanol–water partition coefficient (Wildman–Crippen LogP) is 3.16. The minimum absolute atomic E-state index is 0.0645. The van der Waals surface area contributed by atoms with Crippen molar-refractivity contribution in [3.63, 3.8) is 0 Å². The highest BCUT2D eigenvalue weighted by molar-refractivity contribution is 5.80. The van der Waals surface area contributed by atoms with Crippen LogP contribution in [0.1, 0.15) is 31.9 Å². The average molecular weight is 400 g/mol. The zero-order chi connectivity index (χ0) is 20.7. The van der Waals surface area contributed by atoms with E-state index in [-0.39, 0.29) is 6.61 Å². The molecule has 1 fully saturated rings. The lowest BCUT2D eigenvalue weighted by molar-refractivity contribution is -0.176. The molecule has 0 aliphatic carbocycles. The molecule has 8 heteroatoms. The van der Waals surface area contributed by atoms with Gasteiger partial charge in [0.05, 0.1) is 6.61 Å². The summed E-state index contributed by atoms with van der Waals surface area (Å²) in [4.78, 5) is 6.74. The van der Waals surface area contributed by atoms with E-state index < -0.39 is 12.8 Å². The predicted molar refractivity (Wildman–Crippen MR) is 105 cm³/mol. The maximum absolute atomic E-state index is 12.2. The van der Waals surface area contributed by atoms with Gasteiger partial charge in [0.25, 0.3) is 0 Å². The second kappa shape index (κ2) is 10.1. The van der Waals surface area contributed by atoms with E-state index in [0.717, 1.165) is 24.6 Å². The van der Waals surface area contributed by atoms with Crippen LogP contribution in [-0.4, -0.2) is 55.9 Å². The van der Waals surface area contributed by atoms with E-state index in [4.69, 9.17) is 4.74 Å². The number of halogens is 3. The maximum atomic E-state index is 12.2. The smallest absolute Gasteiger partial charge is 0.367 e. The van der Waals surface area contributed by atoms with E-state index in [1.807, 2.05) is 18.2 Å². The Labute approximate surface area is 165 Å².